The van der Waals surface area contributed by atoms with Gasteiger partial charge >= 0.3 is 0 Å². The largest absolute Gasteiger partial charge is 0.325 e. The van der Waals surface area contributed by atoms with Crippen molar-refractivity contribution in [3.05, 3.63) is 152 Å². The summed E-state index contributed by atoms with van der Waals surface area (Å²) in [7, 11) is -0.830. The minimum Gasteiger partial charge on any atom is -0.325 e. The van der Waals surface area contributed by atoms with Crippen LogP contribution < -0.4 is 20.4 Å². The first-order valence-electron chi connectivity index (χ1n) is 15.1. The van der Waals surface area contributed by atoms with Gasteiger partial charge in [0, 0.05) is 29.8 Å². The van der Waals surface area contributed by atoms with Crippen LogP contribution in [-0.4, -0.2) is 13.1 Å². The number of aryl methyl sites for hydroxylation is 6. The average molecular weight is 640 g/mol. The van der Waals surface area contributed by atoms with Crippen LogP contribution in [0, 0.1) is 41.5 Å². The van der Waals surface area contributed by atoms with Gasteiger partial charge in [-0.2, -0.15) is 0 Å². The molecule has 0 bridgehead atoms. The molecule has 226 valence electrons. The maximum atomic E-state index is 6.73. The van der Waals surface area contributed by atoms with E-state index in [2.05, 4.69) is 137 Å². The highest BCUT2D eigenvalue weighted by Crippen LogP contribution is 2.41. The van der Waals surface area contributed by atoms with E-state index in [9.17, 15) is 0 Å². The standard InChI is InChI=1S/C39H41Cl2N2P/c1-26(13-12-20-44(33-14-9-8-10-15-33)35-17-11-16-34(40)37(35)41)25-36-42(38-29(4)21-27(2)22-30(38)5)18-19-43(36)39-31(6)23-28(3)24-32(39)7/h8-17,20-25H,18-19H2,1-7H3. The Balaban J connectivity index is 1.57. The highest BCUT2D eigenvalue weighted by molar-refractivity contribution is 7.76. The zero-order valence-corrected chi connectivity index (χ0v) is 29.2. The molecule has 0 aliphatic carbocycles. The lowest BCUT2D eigenvalue weighted by Gasteiger charge is -2.30. The van der Waals surface area contributed by atoms with Crippen LogP contribution in [0.2, 0.25) is 10.0 Å². The third-order valence-electron chi connectivity index (χ3n) is 8.09. The van der Waals surface area contributed by atoms with Crippen molar-refractivity contribution >= 4 is 53.1 Å². The summed E-state index contributed by atoms with van der Waals surface area (Å²) in [4.78, 5) is 5.01. The first kappa shape index (κ1) is 32.1. The summed E-state index contributed by atoms with van der Waals surface area (Å²) in [5, 5.41) is 3.50. The first-order chi connectivity index (χ1) is 21.0. The zero-order chi connectivity index (χ0) is 31.5. The SMILES string of the molecule is CC(=CC=CP(c1ccccc1)c1cccc(Cl)c1Cl)C=C1N(c2c(C)cc(C)cc2C)CCN1c1c(C)cc(C)cc1C. The van der Waals surface area contributed by atoms with E-state index in [-0.39, 0.29) is 0 Å². The monoisotopic (exact) mass is 638 g/mol. The molecule has 0 aromatic heterocycles. The number of anilines is 2. The van der Waals surface area contributed by atoms with Gasteiger partial charge in [0.1, 0.15) is 5.82 Å². The minimum absolute atomic E-state index is 0.585. The van der Waals surface area contributed by atoms with Gasteiger partial charge < -0.3 is 9.80 Å². The zero-order valence-electron chi connectivity index (χ0n) is 26.7. The predicted octanol–water partition coefficient (Wildman–Crippen LogP) is 10.6. The Kier molecular flexibility index (Phi) is 10.1. The Morgan fingerprint density at radius 3 is 1.75 bits per heavy atom. The molecule has 5 rings (SSSR count). The van der Waals surface area contributed by atoms with Crippen molar-refractivity contribution in [3.8, 4) is 0 Å². The van der Waals surface area contributed by atoms with Crippen LogP contribution >= 0.6 is 31.1 Å². The normalized spacial score (nSPS) is 14.6. The second kappa shape index (κ2) is 13.8. The number of hydrogen-bond donors (Lipinski definition) is 0. The van der Waals surface area contributed by atoms with Crippen molar-refractivity contribution in [3.63, 3.8) is 0 Å². The van der Waals surface area contributed by atoms with Gasteiger partial charge in [0.15, 0.2) is 0 Å². The third-order valence-corrected chi connectivity index (χ3v) is 11.3. The molecule has 0 spiro atoms. The fourth-order valence-electron chi connectivity index (χ4n) is 6.48. The lowest BCUT2D eigenvalue weighted by Crippen LogP contribution is -2.25. The van der Waals surface area contributed by atoms with Crippen molar-refractivity contribution in [1.29, 1.82) is 0 Å². The maximum absolute atomic E-state index is 6.73. The van der Waals surface area contributed by atoms with Crippen LogP contribution in [0.3, 0.4) is 0 Å². The summed E-state index contributed by atoms with van der Waals surface area (Å²) in [6, 6.07) is 25.6. The third kappa shape index (κ3) is 6.84. The summed E-state index contributed by atoms with van der Waals surface area (Å²) in [5.41, 5.74) is 11.6. The van der Waals surface area contributed by atoms with Crippen molar-refractivity contribution in [2.45, 2.75) is 48.5 Å². The minimum atomic E-state index is -0.830. The van der Waals surface area contributed by atoms with E-state index < -0.39 is 7.92 Å². The van der Waals surface area contributed by atoms with E-state index >= 15 is 0 Å². The van der Waals surface area contributed by atoms with E-state index in [1.807, 2.05) is 18.2 Å². The Morgan fingerprint density at radius 2 is 1.23 bits per heavy atom. The van der Waals surface area contributed by atoms with Gasteiger partial charge in [-0.1, -0.05) is 119 Å². The van der Waals surface area contributed by atoms with Crippen LogP contribution in [-0.2, 0) is 0 Å². The van der Waals surface area contributed by atoms with Gasteiger partial charge in [-0.3, -0.25) is 0 Å². The van der Waals surface area contributed by atoms with Gasteiger partial charge in [-0.15, -0.1) is 0 Å². The van der Waals surface area contributed by atoms with Crippen LogP contribution in [0.5, 0.6) is 0 Å². The topological polar surface area (TPSA) is 6.48 Å². The van der Waals surface area contributed by atoms with Gasteiger partial charge in [0.25, 0.3) is 0 Å². The summed E-state index contributed by atoms with van der Waals surface area (Å²) < 4.78 is 0. The molecule has 0 radical (unpaired) electrons. The molecule has 1 atom stereocenters. The smallest absolute Gasteiger partial charge is 0.113 e. The molecule has 5 heteroatoms. The molecule has 1 aliphatic rings. The molecule has 0 N–H and O–H groups in total. The summed E-state index contributed by atoms with van der Waals surface area (Å²) in [6.07, 6.45) is 6.73. The van der Waals surface area contributed by atoms with E-state index in [0.29, 0.717) is 10.0 Å². The van der Waals surface area contributed by atoms with E-state index in [0.717, 1.165) is 18.4 Å². The summed E-state index contributed by atoms with van der Waals surface area (Å²) in [5.74, 6) is 3.48. The number of nitrogens with zero attached hydrogens (tertiary/aromatic N) is 2. The van der Waals surface area contributed by atoms with Crippen LogP contribution in [0.1, 0.15) is 40.3 Å². The van der Waals surface area contributed by atoms with Gasteiger partial charge in [0.05, 0.1) is 10.0 Å². The number of benzene rings is 4. The predicted molar refractivity (Wildman–Crippen MR) is 196 cm³/mol. The molecule has 1 saturated heterocycles. The molecule has 44 heavy (non-hydrogen) atoms. The Bertz CT molecular complexity index is 1660. The Hall–Kier alpha value is -3.29. The molecular formula is C39H41Cl2N2P. The molecule has 0 saturated carbocycles. The van der Waals surface area contributed by atoms with Crippen LogP contribution in [0.15, 0.2) is 108 Å². The molecule has 4 aromatic carbocycles. The summed E-state index contributed by atoms with van der Waals surface area (Å²) in [6.45, 7) is 17.3. The Morgan fingerprint density at radius 1 is 0.705 bits per heavy atom. The van der Waals surface area contributed by atoms with E-state index in [1.54, 1.807) is 0 Å². The lowest BCUT2D eigenvalue weighted by molar-refractivity contribution is 1.01. The second-order valence-electron chi connectivity index (χ2n) is 11.8. The Labute approximate surface area is 275 Å². The quantitative estimate of drug-likeness (QED) is 0.147. The second-order valence-corrected chi connectivity index (χ2v) is 14.7. The van der Waals surface area contributed by atoms with Crippen LogP contribution in [0.25, 0.3) is 0 Å². The number of hydrogen-bond acceptors (Lipinski definition) is 2. The molecule has 2 nitrogen and oxygen atoms in total. The van der Waals surface area contributed by atoms with Crippen LogP contribution in [0.4, 0.5) is 11.4 Å². The van der Waals surface area contributed by atoms with Gasteiger partial charge in [-0.05, 0) is 102 Å². The maximum Gasteiger partial charge on any atom is 0.113 e. The number of allylic oxidation sites excluding steroid dienone is 4. The van der Waals surface area contributed by atoms with E-state index in [4.69, 9.17) is 23.2 Å². The van der Waals surface area contributed by atoms with Crippen molar-refractivity contribution in [2.75, 3.05) is 22.9 Å². The fourth-order valence-corrected chi connectivity index (χ4v) is 9.07. The molecule has 1 fully saturated rings. The van der Waals surface area contributed by atoms with Gasteiger partial charge in [0.2, 0.25) is 0 Å². The molecule has 0 amide bonds. The van der Waals surface area contributed by atoms with Crippen molar-refractivity contribution < 1.29 is 0 Å². The number of halogens is 2. The van der Waals surface area contributed by atoms with E-state index in [1.165, 1.54) is 61.5 Å². The van der Waals surface area contributed by atoms with Gasteiger partial charge in [-0.25, -0.2) is 0 Å². The van der Waals surface area contributed by atoms with Crippen molar-refractivity contribution in [1.82, 2.24) is 0 Å². The highest BCUT2D eigenvalue weighted by atomic mass is 35.5. The fraction of sp³-hybridized carbons (Fsp3) is 0.231. The molecule has 1 heterocycles. The molecule has 1 aliphatic heterocycles. The first-order valence-corrected chi connectivity index (χ1v) is 17.3. The summed E-state index contributed by atoms with van der Waals surface area (Å²) >= 11 is 13.2. The highest BCUT2D eigenvalue weighted by Gasteiger charge is 2.30. The molecule has 4 aromatic rings. The average Bonchev–Trinajstić information content (AvgIpc) is 3.34. The molecular weight excluding hydrogens is 598 g/mol. The lowest BCUT2D eigenvalue weighted by atomic mass is 10.0. The molecule has 1 unspecified atom stereocenters. The number of rotatable bonds is 7. The van der Waals surface area contributed by atoms with Crippen molar-refractivity contribution in [2.24, 2.45) is 0 Å².